The van der Waals surface area contributed by atoms with Crippen LogP contribution in [0.5, 0.6) is 0 Å². The number of rotatable bonds is 3. The largest absolute Gasteiger partial charge is 0.350 e. The molecule has 3 rings (SSSR count). The average molecular weight is 296 g/mol. The van der Waals surface area contributed by atoms with Crippen molar-refractivity contribution >= 4 is 24.0 Å². The summed E-state index contributed by atoms with van der Waals surface area (Å²) in [5, 5.41) is 4.60. The van der Waals surface area contributed by atoms with Gasteiger partial charge in [0, 0.05) is 23.4 Å². The lowest BCUT2D eigenvalue weighted by Crippen LogP contribution is -2.40. The molecule has 2 aliphatic rings. The van der Waals surface area contributed by atoms with Gasteiger partial charge >= 0.3 is 0 Å². The maximum atomic E-state index is 12.0. The van der Waals surface area contributed by atoms with Gasteiger partial charge in [-0.2, -0.15) is 0 Å². The minimum absolute atomic E-state index is 0.0566. The Morgan fingerprint density at radius 2 is 2.14 bits per heavy atom. The summed E-state index contributed by atoms with van der Waals surface area (Å²) >= 11 is 0. The summed E-state index contributed by atoms with van der Waals surface area (Å²) < 4.78 is 0. The lowest BCUT2D eigenvalue weighted by Gasteiger charge is -2.29. The molecule has 1 aliphatic heterocycles. The fourth-order valence-electron chi connectivity index (χ4n) is 3.10. The van der Waals surface area contributed by atoms with Crippen LogP contribution in [0.15, 0.2) is 29.3 Å². The van der Waals surface area contributed by atoms with Crippen molar-refractivity contribution in [3.05, 3.63) is 40.4 Å². The highest BCUT2D eigenvalue weighted by atomic mass is 16.2. The molecule has 2 amide bonds. The van der Waals surface area contributed by atoms with Crippen LogP contribution >= 0.6 is 0 Å². The van der Waals surface area contributed by atoms with Crippen molar-refractivity contribution in [1.82, 2.24) is 5.32 Å². The number of nitrogens with zero attached hydrogens (tertiary/aromatic N) is 1. The molecule has 1 heterocycles. The molecule has 0 spiro atoms. The van der Waals surface area contributed by atoms with Crippen LogP contribution in [0.4, 0.5) is 0 Å². The summed E-state index contributed by atoms with van der Waals surface area (Å²) in [7, 11) is 0. The summed E-state index contributed by atoms with van der Waals surface area (Å²) in [4.78, 5) is 27.2. The van der Waals surface area contributed by atoms with Gasteiger partial charge in [0.1, 0.15) is 0 Å². The van der Waals surface area contributed by atoms with Crippen LogP contribution in [0.1, 0.15) is 38.2 Å². The van der Waals surface area contributed by atoms with Crippen LogP contribution in [0.2, 0.25) is 0 Å². The predicted octanol–water partition coefficient (Wildman–Crippen LogP) is 1.33. The summed E-state index contributed by atoms with van der Waals surface area (Å²) in [6, 6.07) is 5.85. The molecule has 1 aliphatic carbocycles. The van der Waals surface area contributed by atoms with Crippen LogP contribution < -0.4 is 15.9 Å². The van der Waals surface area contributed by atoms with Crippen LogP contribution in [-0.2, 0) is 9.59 Å². The Kier molecular flexibility index (Phi) is 4.18. The maximum Gasteiger partial charge on any atom is 0.270 e. The number of benzene rings is 1. The van der Waals surface area contributed by atoms with E-state index < -0.39 is 0 Å². The highest BCUT2D eigenvalue weighted by Gasteiger charge is 2.21. The molecule has 22 heavy (non-hydrogen) atoms. The van der Waals surface area contributed by atoms with Crippen molar-refractivity contribution in [2.45, 2.75) is 38.6 Å². The zero-order chi connectivity index (χ0) is 15.5. The molecule has 0 saturated heterocycles. The van der Waals surface area contributed by atoms with E-state index >= 15 is 0 Å². The Morgan fingerprint density at radius 3 is 2.95 bits per heavy atom. The molecule has 1 aromatic rings. The third-order valence-corrected chi connectivity index (χ3v) is 4.43. The molecule has 1 fully saturated rings. The fourth-order valence-corrected chi connectivity index (χ4v) is 3.10. The van der Waals surface area contributed by atoms with Gasteiger partial charge in [-0.1, -0.05) is 31.9 Å². The molecule has 1 N–H and O–H groups in total. The molecular formula is C18H20N2O2. The van der Waals surface area contributed by atoms with E-state index in [-0.39, 0.29) is 17.9 Å². The first kappa shape index (κ1) is 14.7. The normalized spacial score (nSPS) is 23.8. The lowest BCUT2D eigenvalue weighted by molar-refractivity contribution is -0.117. The molecule has 0 aromatic heterocycles. The van der Waals surface area contributed by atoms with Gasteiger partial charge in [0.2, 0.25) is 5.91 Å². The van der Waals surface area contributed by atoms with Crippen molar-refractivity contribution in [3.63, 3.8) is 0 Å². The summed E-state index contributed by atoms with van der Waals surface area (Å²) in [5.41, 5.74) is 0.873. The van der Waals surface area contributed by atoms with E-state index in [9.17, 15) is 9.59 Å². The highest BCUT2D eigenvalue weighted by molar-refractivity contribution is 6.06. The Morgan fingerprint density at radius 1 is 1.32 bits per heavy atom. The lowest BCUT2D eigenvalue weighted by atomic mass is 9.86. The molecule has 1 aromatic carbocycles. The molecule has 2 unspecified atom stereocenters. The Labute approximate surface area is 129 Å². The van der Waals surface area contributed by atoms with Crippen LogP contribution in [0.3, 0.4) is 0 Å². The van der Waals surface area contributed by atoms with Gasteiger partial charge in [-0.05, 0) is 36.5 Å². The smallest absolute Gasteiger partial charge is 0.270 e. The first-order valence-electron chi connectivity index (χ1n) is 7.85. The first-order valence-corrected chi connectivity index (χ1v) is 7.85. The SMILES string of the molecule is CC1CCCCC1NC(=O)/C=C/c1ccc2c(c1)=NC(=O)C=2. The zero-order valence-corrected chi connectivity index (χ0v) is 12.7. The number of amides is 2. The number of carbonyl (C=O) groups is 2. The maximum absolute atomic E-state index is 12.0. The van der Waals surface area contributed by atoms with E-state index in [1.165, 1.54) is 25.3 Å². The minimum atomic E-state index is -0.222. The van der Waals surface area contributed by atoms with Gasteiger partial charge in [-0.15, -0.1) is 0 Å². The van der Waals surface area contributed by atoms with E-state index in [0.717, 1.165) is 17.2 Å². The van der Waals surface area contributed by atoms with E-state index in [1.54, 1.807) is 12.2 Å². The van der Waals surface area contributed by atoms with Gasteiger partial charge < -0.3 is 5.32 Å². The van der Waals surface area contributed by atoms with Gasteiger partial charge in [0.25, 0.3) is 5.91 Å². The number of fused-ring (bicyclic) bond motifs is 1. The van der Waals surface area contributed by atoms with Crippen LogP contribution in [0, 0.1) is 5.92 Å². The molecule has 4 nitrogen and oxygen atoms in total. The fraction of sp³-hybridized carbons (Fsp3) is 0.389. The quantitative estimate of drug-likeness (QED) is 0.856. The summed E-state index contributed by atoms with van der Waals surface area (Å²) in [6.45, 7) is 2.20. The third kappa shape index (κ3) is 3.32. The van der Waals surface area contributed by atoms with Gasteiger partial charge in [0.15, 0.2) is 0 Å². The van der Waals surface area contributed by atoms with Crippen molar-refractivity contribution in [2.24, 2.45) is 10.9 Å². The number of hydrogen-bond acceptors (Lipinski definition) is 2. The van der Waals surface area contributed by atoms with Gasteiger partial charge in [-0.25, -0.2) is 4.99 Å². The van der Waals surface area contributed by atoms with Gasteiger partial charge in [-0.3, -0.25) is 9.59 Å². The van der Waals surface area contributed by atoms with Crippen molar-refractivity contribution in [1.29, 1.82) is 0 Å². The Hall–Kier alpha value is -2.23. The number of carbonyl (C=O) groups excluding carboxylic acids is 2. The standard InChI is InChI=1S/C18H20N2O2/c1-12-4-2-3-5-15(12)19-17(21)9-7-13-6-8-14-11-18(22)20-16(14)10-13/h6-12,15H,2-5H2,1H3,(H,19,21)/b9-7+. The Balaban J connectivity index is 1.66. The van der Waals surface area contributed by atoms with Gasteiger partial charge in [0.05, 0.1) is 5.36 Å². The molecule has 2 atom stereocenters. The zero-order valence-electron chi connectivity index (χ0n) is 12.7. The second-order valence-corrected chi connectivity index (χ2v) is 6.12. The topological polar surface area (TPSA) is 58.5 Å². The molecule has 4 heteroatoms. The number of nitrogens with one attached hydrogen (secondary N) is 1. The molecule has 0 bridgehead atoms. The third-order valence-electron chi connectivity index (χ3n) is 4.43. The van der Waals surface area contributed by atoms with Crippen LogP contribution in [0.25, 0.3) is 12.2 Å². The monoisotopic (exact) mass is 296 g/mol. The van der Waals surface area contributed by atoms with E-state index in [1.807, 2.05) is 18.2 Å². The molecule has 114 valence electrons. The van der Waals surface area contributed by atoms with Crippen molar-refractivity contribution in [2.75, 3.05) is 0 Å². The molecular weight excluding hydrogens is 276 g/mol. The second kappa shape index (κ2) is 6.26. The molecule has 1 saturated carbocycles. The van der Waals surface area contributed by atoms with E-state index in [4.69, 9.17) is 0 Å². The predicted molar refractivity (Wildman–Crippen MR) is 85.3 cm³/mol. The second-order valence-electron chi connectivity index (χ2n) is 6.12. The average Bonchev–Trinajstić information content (AvgIpc) is 2.87. The highest BCUT2D eigenvalue weighted by Crippen LogP contribution is 2.23. The molecule has 0 radical (unpaired) electrons. The Bertz CT molecular complexity index is 749. The van der Waals surface area contributed by atoms with Crippen molar-refractivity contribution in [3.8, 4) is 0 Å². The first-order chi connectivity index (χ1) is 10.6. The van der Waals surface area contributed by atoms with Crippen LogP contribution in [-0.4, -0.2) is 17.9 Å². The minimum Gasteiger partial charge on any atom is -0.350 e. The summed E-state index contributed by atoms with van der Waals surface area (Å²) in [5.74, 6) is 0.269. The summed E-state index contributed by atoms with van der Waals surface area (Å²) in [6.07, 6.45) is 9.54. The van der Waals surface area contributed by atoms with Crippen molar-refractivity contribution < 1.29 is 9.59 Å². The number of hydrogen-bond donors (Lipinski definition) is 1. The van der Waals surface area contributed by atoms with E-state index in [0.29, 0.717) is 11.3 Å². The van der Waals surface area contributed by atoms with E-state index in [2.05, 4.69) is 17.2 Å².